The van der Waals surface area contributed by atoms with Crippen molar-refractivity contribution in [3.63, 3.8) is 0 Å². The molecule has 1 aliphatic heterocycles. The number of nitrogens with two attached hydrogens (primary N) is 1. The molecule has 0 bridgehead atoms. The number of allylic oxidation sites excluding steroid dienone is 2. The largest absolute Gasteiger partial charge is 0.494 e. The number of carbonyl (C=O) groups excluding carboxylic acids is 2. The lowest BCUT2D eigenvalue weighted by molar-refractivity contribution is -0.192. The van der Waals surface area contributed by atoms with Crippen molar-refractivity contribution in [2.24, 2.45) is 34.3 Å². The maximum atomic E-state index is 14.3. The van der Waals surface area contributed by atoms with Crippen molar-refractivity contribution >= 4 is 11.8 Å². The summed E-state index contributed by atoms with van der Waals surface area (Å²) >= 11 is 0. The molecule has 0 spiro atoms. The number of esters is 1. The Bertz CT molecular complexity index is 1020. The summed E-state index contributed by atoms with van der Waals surface area (Å²) in [6, 6.07) is 0. The van der Waals surface area contributed by atoms with Crippen molar-refractivity contribution in [1.29, 1.82) is 0 Å². The number of cyclic esters (lactones) is 1. The summed E-state index contributed by atoms with van der Waals surface area (Å²) in [5, 5.41) is 30.9. The van der Waals surface area contributed by atoms with Crippen molar-refractivity contribution in [2.45, 2.75) is 104 Å². The van der Waals surface area contributed by atoms with E-state index < -0.39 is 77.3 Å². The highest BCUT2D eigenvalue weighted by Gasteiger charge is 2.69. The standard InChI is InChI=1S/C30H46F3NO7/c1-7-22(15-35)40-16-21(34)11-18(3)23-12-20-14-29(20,30(31,32)33)10-8-9-17(2)26(38)19(4)27(39)28(5,6)24(36)13-25(37)41-23/h8-9,11,16-17,19-20,22-24,26,35-36,38H,7,10,12-15,34H2,1-6H3/b9-8+,18-11+,21-16-/t17-,19+,20?,22?,23-,24-,26-,29?/m0/s1. The van der Waals surface area contributed by atoms with Gasteiger partial charge in [0.1, 0.15) is 24.3 Å². The van der Waals surface area contributed by atoms with Crippen LogP contribution in [0.25, 0.3) is 0 Å². The molecule has 1 heterocycles. The minimum atomic E-state index is -4.52. The summed E-state index contributed by atoms with van der Waals surface area (Å²) in [5.74, 6) is -3.76. The number of alkyl halides is 3. The van der Waals surface area contributed by atoms with Gasteiger partial charge in [0.05, 0.1) is 41.8 Å². The highest BCUT2D eigenvalue weighted by molar-refractivity contribution is 5.88. The van der Waals surface area contributed by atoms with Crippen molar-refractivity contribution in [3.05, 3.63) is 35.8 Å². The van der Waals surface area contributed by atoms with Crippen LogP contribution in [0.5, 0.6) is 0 Å². The van der Waals surface area contributed by atoms with Gasteiger partial charge >= 0.3 is 12.1 Å². The average Bonchev–Trinajstić information content (AvgIpc) is 3.60. The van der Waals surface area contributed by atoms with Crippen LogP contribution in [0.4, 0.5) is 13.2 Å². The molecule has 1 saturated carbocycles. The summed E-state index contributed by atoms with van der Waals surface area (Å²) in [5.41, 5.74) is 3.09. The molecule has 234 valence electrons. The predicted molar refractivity (Wildman–Crippen MR) is 147 cm³/mol. The van der Waals surface area contributed by atoms with Gasteiger partial charge in [-0.15, -0.1) is 0 Å². The Hall–Kier alpha value is -2.37. The van der Waals surface area contributed by atoms with Gasteiger partial charge in [0.25, 0.3) is 0 Å². The molecular formula is C30H46F3NO7. The Morgan fingerprint density at radius 2 is 1.90 bits per heavy atom. The van der Waals surface area contributed by atoms with Crippen LogP contribution in [-0.2, 0) is 19.1 Å². The van der Waals surface area contributed by atoms with E-state index in [1.54, 1.807) is 13.8 Å². The fraction of sp³-hybridized carbons (Fsp3) is 0.733. The van der Waals surface area contributed by atoms with Crippen LogP contribution in [0.1, 0.15) is 73.6 Å². The lowest BCUT2D eigenvalue weighted by Crippen LogP contribution is -2.45. The minimum absolute atomic E-state index is 0.117. The van der Waals surface area contributed by atoms with Crippen LogP contribution in [0.3, 0.4) is 0 Å². The quantitative estimate of drug-likeness (QED) is 0.155. The van der Waals surface area contributed by atoms with E-state index in [1.807, 2.05) is 6.92 Å². The molecule has 8 nitrogen and oxygen atoms in total. The summed E-state index contributed by atoms with van der Waals surface area (Å²) in [4.78, 5) is 26.2. The van der Waals surface area contributed by atoms with Crippen molar-refractivity contribution in [1.82, 2.24) is 0 Å². The third-order valence-electron chi connectivity index (χ3n) is 8.74. The molecule has 1 aliphatic carbocycles. The summed E-state index contributed by atoms with van der Waals surface area (Å²) < 4.78 is 53.9. The molecule has 2 aliphatic rings. The number of fused-ring (bicyclic) bond motifs is 1. The first kappa shape index (κ1) is 34.8. The van der Waals surface area contributed by atoms with Gasteiger partial charge in [0.15, 0.2) is 0 Å². The first-order chi connectivity index (χ1) is 18.9. The van der Waals surface area contributed by atoms with Crippen molar-refractivity contribution in [2.75, 3.05) is 6.61 Å². The zero-order chi connectivity index (χ0) is 31.3. The Morgan fingerprint density at radius 3 is 2.46 bits per heavy atom. The van der Waals surface area contributed by atoms with E-state index in [9.17, 15) is 38.1 Å². The lowest BCUT2D eigenvalue weighted by Gasteiger charge is -2.34. The first-order valence-corrected chi connectivity index (χ1v) is 14.1. The van der Waals surface area contributed by atoms with Gasteiger partial charge in [-0.1, -0.05) is 46.8 Å². The van der Waals surface area contributed by atoms with Crippen LogP contribution < -0.4 is 5.73 Å². The van der Waals surface area contributed by atoms with E-state index >= 15 is 0 Å². The fourth-order valence-electron chi connectivity index (χ4n) is 5.41. The number of hydrogen-bond acceptors (Lipinski definition) is 8. The summed E-state index contributed by atoms with van der Waals surface area (Å²) in [6.07, 6.45) is -3.81. The van der Waals surface area contributed by atoms with Gasteiger partial charge < -0.3 is 30.5 Å². The third-order valence-corrected chi connectivity index (χ3v) is 8.74. The second kappa shape index (κ2) is 13.7. The van der Waals surface area contributed by atoms with Crippen LogP contribution in [-0.4, -0.2) is 64.3 Å². The molecule has 0 amide bonds. The van der Waals surface area contributed by atoms with Crippen LogP contribution in [0.15, 0.2) is 35.8 Å². The molecule has 3 unspecified atom stereocenters. The Morgan fingerprint density at radius 1 is 1.27 bits per heavy atom. The smallest absolute Gasteiger partial charge is 0.395 e. The number of Topliss-reactive ketones (excluding diaryl/α,β-unsaturated/α-hetero) is 1. The zero-order valence-corrected chi connectivity index (χ0v) is 24.8. The number of aliphatic hydroxyl groups excluding tert-OH is 3. The van der Waals surface area contributed by atoms with E-state index in [4.69, 9.17) is 15.2 Å². The molecule has 0 aromatic carbocycles. The van der Waals surface area contributed by atoms with E-state index in [2.05, 4.69) is 0 Å². The number of hydrogen-bond donors (Lipinski definition) is 4. The maximum Gasteiger partial charge on any atom is 0.395 e. The van der Waals surface area contributed by atoms with Gasteiger partial charge in [-0.3, -0.25) is 9.59 Å². The molecule has 1 fully saturated rings. The molecule has 8 atom stereocenters. The second-order valence-corrected chi connectivity index (χ2v) is 12.2. The highest BCUT2D eigenvalue weighted by atomic mass is 19.4. The van der Waals surface area contributed by atoms with Crippen LogP contribution in [0.2, 0.25) is 0 Å². The number of ether oxygens (including phenoxy) is 2. The van der Waals surface area contributed by atoms with Gasteiger partial charge in [0.2, 0.25) is 0 Å². The van der Waals surface area contributed by atoms with E-state index in [0.717, 1.165) is 0 Å². The molecule has 41 heavy (non-hydrogen) atoms. The Kier molecular flexibility index (Phi) is 11.7. The number of halogens is 3. The van der Waals surface area contributed by atoms with Crippen LogP contribution in [0, 0.1) is 28.6 Å². The predicted octanol–water partition coefficient (Wildman–Crippen LogP) is 4.33. The Labute approximate surface area is 240 Å². The first-order valence-electron chi connectivity index (χ1n) is 14.1. The molecule has 0 radical (unpaired) electrons. The summed E-state index contributed by atoms with van der Waals surface area (Å²) in [6.45, 7) is 9.24. The number of ketones is 1. The summed E-state index contributed by atoms with van der Waals surface area (Å²) in [7, 11) is 0. The van der Waals surface area contributed by atoms with Gasteiger partial charge in [-0.25, -0.2) is 0 Å². The van der Waals surface area contributed by atoms with Gasteiger partial charge in [-0.2, -0.15) is 13.2 Å². The molecule has 5 N–H and O–H groups in total. The topological polar surface area (TPSA) is 139 Å². The van der Waals surface area contributed by atoms with E-state index in [0.29, 0.717) is 12.0 Å². The minimum Gasteiger partial charge on any atom is -0.494 e. The molecule has 11 heteroatoms. The normalized spacial score (nSPS) is 35.7. The Balaban J connectivity index is 2.47. The van der Waals surface area contributed by atoms with E-state index in [-0.39, 0.29) is 31.6 Å². The average molecular weight is 590 g/mol. The zero-order valence-electron chi connectivity index (χ0n) is 24.8. The molecule has 0 saturated heterocycles. The van der Waals surface area contributed by atoms with Gasteiger partial charge in [-0.05, 0) is 50.2 Å². The third kappa shape index (κ3) is 8.35. The molecule has 0 aromatic rings. The highest BCUT2D eigenvalue weighted by Crippen LogP contribution is 2.66. The SMILES string of the molecule is CCC(CO)O/C=C(N)/C=C(\C)[C@@H]1CC2CC2(C(F)(F)F)C/C=C/[C@H](C)[C@H](O)[C@@H](C)C(=O)C(C)(C)[C@@H](O)CC(=O)O1. The molecule has 0 aromatic heterocycles. The van der Waals surface area contributed by atoms with Crippen molar-refractivity contribution in [3.8, 4) is 0 Å². The molecular weight excluding hydrogens is 543 g/mol. The second-order valence-electron chi connectivity index (χ2n) is 12.2. The monoisotopic (exact) mass is 589 g/mol. The van der Waals surface area contributed by atoms with E-state index in [1.165, 1.54) is 45.3 Å². The number of aliphatic hydroxyl groups is 3. The maximum absolute atomic E-state index is 14.3. The lowest BCUT2D eigenvalue weighted by atomic mass is 9.73. The van der Waals surface area contributed by atoms with Crippen LogP contribution >= 0.6 is 0 Å². The number of rotatable bonds is 6. The fourth-order valence-corrected chi connectivity index (χ4v) is 5.41. The van der Waals surface area contributed by atoms with Crippen molar-refractivity contribution < 1.29 is 47.6 Å². The number of carbonyl (C=O) groups is 2. The van der Waals surface area contributed by atoms with Gasteiger partial charge in [0, 0.05) is 11.8 Å². The molecule has 2 rings (SSSR count).